The largest absolute Gasteiger partial charge is 0.311 e. The summed E-state index contributed by atoms with van der Waals surface area (Å²) in [4.78, 5) is 6.89. The zero-order valence-corrected chi connectivity index (χ0v) is 64.6. The molecule has 0 N–H and O–H groups in total. The Balaban J connectivity index is 0.000000117. The SMILES string of the molecule is c1ccc(N(c2ccccc2)c2ccc(-c3ccc(-c4cccc5ccccc45)c4ccccc34)cc2)cc1.c1ccc(N(c2ccccc2)c2ccc(-c3cccc4c(-c5ccc6ccccc6c5)cccc34)cc2)cc1.c1ccc(N(c2ccccc2)c2ccc(-c3cccc4c(-c5cccc6ccccc56)cccc34)cc2)cc1. The van der Waals surface area contributed by atoms with E-state index in [1.54, 1.807) is 0 Å². The third-order valence-corrected chi connectivity index (χ3v) is 22.4. The summed E-state index contributed by atoms with van der Waals surface area (Å²) in [6.45, 7) is 0. The molecule has 0 atom stereocenters. The van der Waals surface area contributed by atoms with Gasteiger partial charge < -0.3 is 14.7 Å². The van der Waals surface area contributed by atoms with Crippen molar-refractivity contribution in [1.82, 2.24) is 0 Å². The van der Waals surface area contributed by atoms with Gasteiger partial charge in [-0.15, -0.1) is 0 Å². The Labute approximate surface area is 684 Å². The summed E-state index contributed by atoms with van der Waals surface area (Å²) in [6.07, 6.45) is 0. The van der Waals surface area contributed by atoms with Crippen molar-refractivity contribution in [3.63, 3.8) is 0 Å². The second-order valence-electron chi connectivity index (χ2n) is 29.4. The van der Waals surface area contributed by atoms with Crippen LogP contribution in [0.2, 0.25) is 0 Å². The maximum absolute atomic E-state index is 2.30. The maximum Gasteiger partial charge on any atom is 0.0462 e. The van der Waals surface area contributed by atoms with Crippen molar-refractivity contribution < 1.29 is 0 Å². The van der Waals surface area contributed by atoms with Crippen LogP contribution in [-0.2, 0) is 0 Å². The molecule has 21 rings (SSSR count). The summed E-state index contributed by atoms with van der Waals surface area (Å²) >= 11 is 0. The second-order valence-corrected chi connectivity index (χ2v) is 29.4. The number of nitrogens with zero attached hydrogens (tertiary/aromatic N) is 3. The van der Waals surface area contributed by atoms with E-state index in [1.807, 2.05) is 0 Å². The maximum atomic E-state index is 2.30. The van der Waals surface area contributed by atoms with Crippen LogP contribution in [-0.4, -0.2) is 0 Å². The normalized spacial score (nSPS) is 11.1. The zero-order valence-electron chi connectivity index (χ0n) is 64.6. The Bertz CT molecular complexity index is 6640. The Morgan fingerprint density at radius 2 is 0.299 bits per heavy atom. The summed E-state index contributed by atoms with van der Waals surface area (Å²) in [7, 11) is 0. The summed E-state index contributed by atoms with van der Waals surface area (Å²) in [5, 5.41) is 15.2. The van der Waals surface area contributed by atoms with Crippen molar-refractivity contribution >= 4 is 116 Å². The van der Waals surface area contributed by atoms with Gasteiger partial charge in [-0.25, -0.2) is 0 Å². The molecule has 0 aliphatic rings. The fourth-order valence-corrected chi connectivity index (χ4v) is 16.8. The third-order valence-electron chi connectivity index (χ3n) is 22.4. The van der Waals surface area contributed by atoms with Gasteiger partial charge in [-0.3, -0.25) is 0 Å². The van der Waals surface area contributed by atoms with Crippen LogP contribution in [0.5, 0.6) is 0 Å². The fraction of sp³-hybridized carbons (Fsp3) is 0. The van der Waals surface area contributed by atoms with Crippen molar-refractivity contribution in [2.24, 2.45) is 0 Å². The van der Waals surface area contributed by atoms with Crippen LogP contribution in [0.15, 0.2) is 491 Å². The van der Waals surface area contributed by atoms with Gasteiger partial charge in [-0.05, 0) is 247 Å². The molecule has 3 heteroatoms. The first-order valence-electron chi connectivity index (χ1n) is 40.1. The van der Waals surface area contributed by atoms with E-state index in [0.717, 1.165) is 51.2 Å². The molecule has 0 spiro atoms. The highest BCUT2D eigenvalue weighted by molar-refractivity contribution is 6.12. The number of hydrogen-bond acceptors (Lipinski definition) is 3. The molecule has 0 saturated heterocycles. The van der Waals surface area contributed by atoms with Crippen molar-refractivity contribution in [2.75, 3.05) is 14.7 Å². The summed E-state index contributed by atoms with van der Waals surface area (Å²) in [5.74, 6) is 0. The number of rotatable bonds is 15. The van der Waals surface area contributed by atoms with Gasteiger partial charge in [-0.2, -0.15) is 0 Å². The first kappa shape index (κ1) is 71.9. The van der Waals surface area contributed by atoms with Crippen LogP contribution in [0.3, 0.4) is 0 Å². The van der Waals surface area contributed by atoms with Gasteiger partial charge in [0.15, 0.2) is 0 Å². The monoisotopic (exact) mass is 1490 g/mol. The smallest absolute Gasteiger partial charge is 0.0462 e. The molecule has 0 unspecified atom stereocenters. The van der Waals surface area contributed by atoms with Crippen LogP contribution in [0.4, 0.5) is 51.2 Å². The molecule has 0 aliphatic heterocycles. The van der Waals surface area contributed by atoms with E-state index in [0.29, 0.717) is 0 Å². The van der Waals surface area contributed by atoms with Crippen LogP contribution >= 0.6 is 0 Å². The molecule has 0 amide bonds. The molecule has 117 heavy (non-hydrogen) atoms. The molecule has 21 aromatic carbocycles. The Morgan fingerprint density at radius 1 is 0.103 bits per heavy atom. The average Bonchev–Trinajstić information content (AvgIpc) is 0.772. The number of fused-ring (bicyclic) bond motifs is 6. The van der Waals surface area contributed by atoms with Gasteiger partial charge in [0.1, 0.15) is 0 Å². The molecule has 0 saturated carbocycles. The quantitative estimate of drug-likeness (QED) is 0.101. The molecule has 3 nitrogen and oxygen atoms in total. The van der Waals surface area contributed by atoms with Crippen molar-refractivity contribution in [2.45, 2.75) is 0 Å². The molecule has 0 bridgehead atoms. The van der Waals surface area contributed by atoms with Crippen LogP contribution in [0.1, 0.15) is 0 Å². The fourth-order valence-electron chi connectivity index (χ4n) is 16.8. The number of hydrogen-bond donors (Lipinski definition) is 0. The Kier molecular flexibility index (Phi) is 20.3. The lowest BCUT2D eigenvalue weighted by Crippen LogP contribution is -2.09. The topological polar surface area (TPSA) is 9.72 Å². The molecule has 0 aliphatic carbocycles. The van der Waals surface area contributed by atoms with Crippen LogP contribution in [0, 0.1) is 0 Å². The van der Waals surface area contributed by atoms with E-state index in [4.69, 9.17) is 0 Å². The predicted octanol–water partition coefficient (Wildman–Crippen LogP) is 32.4. The van der Waals surface area contributed by atoms with Crippen LogP contribution in [0.25, 0.3) is 131 Å². The van der Waals surface area contributed by atoms with E-state index >= 15 is 0 Å². The highest BCUT2D eigenvalue weighted by atomic mass is 15.2. The van der Waals surface area contributed by atoms with E-state index in [-0.39, 0.29) is 0 Å². The second kappa shape index (κ2) is 33.1. The summed E-state index contributed by atoms with van der Waals surface area (Å²) in [6, 6.07) is 176. The van der Waals surface area contributed by atoms with E-state index in [1.165, 1.54) is 131 Å². The molecule has 552 valence electrons. The molecular weight excluding hydrogens is 1410 g/mol. The van der Waals surface area contributed by atoms with Gasteiger partial charge in [0, 0.05) is 51.2 Å². The number of anilines is 9. The van der Waals surface area contributed by atoms with Crippen LogP contribution < -0.4 is 14.7 Å². The van der Waals surface area contributed by atoms with E-state index in [2.05, 4.69) is 506 Å². The van der Waals surface area contributed by atoms with E-state index < -0.39 is 0 Å². The third kappa shape index (κ3) is 14.8. The Hall–Kier alpha value is -15.4. The van der Waals surface area contributed by atoms with Crippen molar-refractivity contribution in [3.8, 4) is 66.8 Å². The lowest BCUT2D eigenvalue weighted by molar-refractivity contribution is 1.28. The average molecular weight is 1490 g/mol. The molecule has 0 radical (unpaired) electrons. The predicted molar refractivity (Wildman–Crippen MR) is 501 cm³/mol. The standard InChI is InChI=1S/3C38H27N/c1-3-14-30(15-4-1)39(31-16-5-2-6-17-31)32-26-24-29(25-27-32)34-19-10-22-37-36(34)21-11-23-38(37)35-20-9-13-28-12-7-8-18-33(28)35;1-3-13-32(14-4-1)39(33-15-5-2-6-16-33)34-25-23-29(24-26-34)35-17-9-20-38-36(18-10-19-37(35)38)31-22-21-28-11-7-8-12-30(28)27-31;1-3-14-30(15-4-1)39(31-16-5-2-6-17-31)32-24-22-29(23-25-32)34-26-27-38(37-20-10-9-19-35(34)37)36-21-11-13-28-12-7-8-18-33(28)36/h3*1-27H. The zero-order chi connectivity index (χ0) is 78.1. The lowest BCUT2D eigenvalue weighted by Gasteiger charge is -2.25. The molecule has 0 aromatic heterocycles. The minimum atomic E-state index is 1.13. The molecule has 0 heterocycles. The minimum absolute atomic E-state index is 1.13. The Morgan fingerprint density at radius 3 is 0.641 bits per heavy atom. The number of benzene rings is 21. The lowest BCUT2D eigenvalue weighted by atomic mass is 9.90. The first-order valence-corrected chi connectivity index (χ1v) is 40.1. The highest BCUT2D eigenvalue weighted by Gasteiger charge is 2.20. The summed E-state index contributed by atoms with van der Waals surface area (Å²) in [5.41, 5.74) is 25.2. The van der Waals surface area contributed by atoms with Gasteiger partial charge in [0.25, 0.3) is 0 Å². The van der Waals surface area contributed by atoms with Gasteiger partial charge in [-0.1, -0.05) is 376 Å². The molecule has 0 fully saturated rings. The van der Waals surface area contributed by atoms with E-state index in [9.17, 15) is 0 Å². The number of para-hydroxylation sites is 6. The minimum Gasteiger partial charge on any atom is -0.311 e. The summed E-state index contributed by atoms with van der Waals surface area (Å²) < 4.78 is 0. The molecule has 21 aromatic rings. The highest BCUT2D eigenvalue weighted by Crippen LogP contribution is 2.45. The van der Waals surface area contributed by atoms with Gasteiger partial charge in [0.05, 0.1) is 0 Å². The first-order chi connectivity index (χ1) is 58.1. The van der Waals surface area contributed by atoms with Gasteiger partial charge in [0.2, 0.25) is 0 Å². The molecular formula is C114H81N3. The van der Waals surface area contributed by atoms with Crippen molar-refractivity contribution in [3.05, 3.63) is 491 Å². The van der Waals surface area contributed by atoms with Gasteiger partial charge >= 0.3 is 0 Å². The van der Waals surface area contributed by atoms with Crippen molar-refractivity contribution in [1.29, 1.82) is 0 Å².